The molecule has 1 aliphatic heterocycles. The van der Waals surface area contributed by atoms with Crippen LogP contribution in [0.5, 0.6) is 0 Å². The fourth-order valence-electron chi connectivity index (χ4n) is 3.12. The number of aryl methyl sites for hydroxylation is 1. The van der Waals surface area contributed by atoms with E-state index >= 15 is 0 Å². The van der Waals surface area contributed by atoms with Gasteiger partial charge in [0.15, 0.2) is 0 Å². The standard InChI is InChI=1S/C19H24FN5O2/c1-23(2)19(27)24-8-5-9-25-16(13-24)11-15(22-25)12-21-18(26)10-14-6-3-4-7-17(14)20/h3-4,6-7,11H,5,8-10,12-13H2,1-2H3,(H,21,26). The number of fused-ring (bicyclic) bond motifs is 1. The van der Waals surface area contributed by atoms with Crippen LogP contribution in [-0.2, 0) is 30.8 Å². The number of hydrogen-bond donors (Lipinski definition) is 1. The molecule has 0 radical (unpaired) electrons. The number of carbonyl (C=O) groups excluding carboxylic acids is 2. The molecule has 3 amide bonds. The topological polar surface area (TPSA) is 70.5 Å². The number of benzene rings is 1. The van der Waals surface area contributed by atoms with Crippen molar-refractivity contribution in [2.45, 2.75) is 32.5 Å². The van der Waals surface area contributed by atoms with E-state index in [0.717, 1.165) is 24.4 Å². The quantitative estimate of drug-likeness (QED) is 0.888. The predicted octanol–water partition coefficient (Wildman–Crippen LogP) is 1.77. The third kappa shape index (κ3) is 4.64. The van der Waals surface area contributed by atoms with E-state index in [0.29, 0.717) is 18.7 Å². The lowest BCUT2D eigenvalue weighted by molar-refractivity contribution is -0.120. The predicted molar refractivity (Wildman–Crippen MR) is 98.3 cm³/mol. The van der Waals surface area contributed by atoms with Crippen LogP contribution in [0.1, 0.15) is 23.4 Å². The van der Waals surface area contributed by atoms with Crippen molar-refractivity contribution in [3.63, 3.8) is 0 Å². The van der Waals surface area contributed by atoms with Crippen molar-refractivity contribution in [3.05, 3.63) is 53.1 Å². The van der Waals surface area contributed by atoms with E-state index in [1.54, 1.807) is 42.1 Å². The van der Waals surface area contributed by atoms with E-state index in [2.05, 4.69) is 10.4 Å². The molecule has 0 fully saturated rings. The molecule has 3 rings (SSSR count). The molecular weight excluding hydrogens is 349 g/mol. The maximum Gasteiger partial charge on any atom is 0.319 e. The minimum atomic E-state index is -0.382. The molecule has 1 aromatic heterocycles. The highest BCUT2D eigenvalue weighted by Gasteiger charge is 2.21. The molecule has 0 unspecified atom stereocenters. The molecule has 144 valence electrons. The van der Waals surface area contributed by atoms with Crippen molar-refractivity contribution in [1.82, 2.24) is 24.9 Å². The largest absolute Gasteiger partial charge is 0.350 e. The second-order valence-corrected chi connectivity index (χ2v) is 6.85. The molecule has 2 aromatic rings. The van der Waals surface area contributed by atoms with Gasteiger partial charge >= 0.3 is 6.03 Å². The van der Waals surface area contributed by atoms with E-state index < -0.39 is 0 Å². The molecule has 8 heteroatoms. The number of nitrogens with one attached hydrogen (secondary N) is 1. The third-order valence-electron chi connectivity index (χ3n) is 4.49. The van der Waals surface area contributed by atoms with E-state index in [9.17, 15) is 14.0 Å². The average Bonchev–Trinajstić information content (AvgIpc) is 2.91. The molecule has 1 aliphatic rings. The second-order valence-electron chi connectivity index (χ2n) is 6.85. The summed E-state index contributed by atoms with van der Waals surface area (Å²) in [6.07, 6.45) is 0.818. The van der Waals surface area contributed by atoms with Gasteiger partial charge in [0.05, 0.1) is 30.9 Å². The number of amides is 3. The van der Waals surface area contributed by atoms with Gasteiger partial charge in [-0.25, -0.2) is 9.18 Å². The number of halogens is 1. The van der Waals surface area contributed by atoms with Gasteiger partial charge in [0, 0.05) is 27.2 Å². The van der Waals surface area contributed by atoms with Crippen LogP contribution in [0.4, 0.5) is 9.18 Å². The molecule has 0 saturated carbocycles. The zero-order valence-corrected chi connectivity index (χ0v) is 15.6. The lowest BCUT2D eigenvalue weighted by Gasteiger charge is -2.23. The fraction of sp³-hybridized carbons (Fsp3) is 0.421. The van der Waals surface area contributed by atoms with Gasteiger partial charge in [-0.1, -0.05) is 18.2 Å². The molecule has 1 aromatic carbocycles. The number of rotatable bonds is 4. The Morgan fingerprint density at radius 3 is 2.78 bits per heavy atom. The van der Waals surface area contributed by atoms with Gasteiger partial charge in [-0.3, -0.25) is 9.48 Å². The van der Waals surface area contributed by atoms with Crippen LogP contribution in [0, 0.1) is 5.82 Å². The zero-order chi connectivity index (χ0) is 19.4. The van der Waals surface area contributed by atoms with Crippen LogP contribution in [-0.4, -0.2) is 52.2 Å². The average molecular weight is 373 g/mol. The molecular formula is C19H24FN5O2. The van der Waals surface area contributed by atoms with Gasteiger partial charge in [-0.15, -0.1) is 0 Å². The van der Waals surface area contributed by atoms with Gasteiger partial charge in [-0.2, -0.15) is 5.10 Å². The summed E-state index contributed by atoms with van der Waals surface area (Å²) in [5.41, 5.74) is 2.04. The summed E-state index contributed by atoms with van der Waals surface area (Å²) in [5.74, 6) is -0.639. The summed E-state index contributed by atoms with van der Waals surface area (Å²) >= 11 is 0. The van der Waals surface area contributed by atoms with E-state index in [1.165, 1.54) is 6.07 Å². The Balaban J connectivity index is 1.60. The van der Waals surface area contributed by atoms with Crippen molar-refractivity contribution in [2.24, 2.45) is 0 Å². The monoisotopic (exact) mass is 373 g/mol. The van der Waals surface area contributed by atoms with Crippen molar-refractivity contribution in [2.75, 3.05) is 20.6 Å². The van der Waals surface area contributed by atoms with Crippen molar-refractivity contribution >= 4 is 11.9 Å². The van der Waals surface area contributed by atoms with E-state index in [-0.39, 0.29) is 30.7 Å². The minimum Gasteiger partial charge on any atom is -0.350 e. The van der Waals surface area contributed by atoms with Crippen LogP contribution in [0.25, 0.3) is 0 Å². The summed E-state index contributed by atoms with van der Waals surface area (Å²) in [4.78, 5) is 27.7. The van der Waals surface area contributed by atoms with Crippen LogP contribution in [0.2, 0.25) is 0 Å². The minimum absolute atomic E-state index is 0.00858. The van der Waals surface area contributed by atoms with Crippen LogP contribution >= 0.6 is 0 Å². The molecule has 27 heavy (non-hydrogen) atoms. The Morgan fingerprint density at radius 1 is 1.26 bits per heavy atom. The molecule has 0 aliphatic carbocycles. The lowest BCUT2D eigenvalue weighted by Crippen LogP contribution is -2.38. The highest BCUT2D eigenvalue weighted by atomic mass is 19.1. The van der Waals surface area contributed by atoms with Gasteiger partial charge in [0.1, 0.15) is 5.82 Å². The van der Waals surface area contributed by atoms with Crippen molar-refractivity contribution in [3.8, 4) is 0 Å². The van der Waals surface area contributed by atoms with Crippen LogP contribution < -0.4 is 5.32 Å². The van der Waals surface area contributed by atoms with E-state index in [1.807, 2.05) is 10.7 Å². The van der Waals surface area contributed by atoms with Crippen LogP contribution in [0.3, 0.4) is 0 Å². The molecule has 0 atom stereocenters. The van der Waals surface area contributed by atoms with Crippen molar-refractivity contribution < 1.29 is 14.0 Å². The summed E-state index contributed by atoms with van der Waals surface area (Å²) in [6, 6.07) is 8.13. The fourth-order valence-corrected chi connectivity index (χ4v) is 3.12. The Labute approximate surface area is 157 Å². The normalized spacial score (nSPS) is 13.7. The number of carbonyl (C=O) groups is 2. The van der Waals surface area contributed by atoms with Gasteiger partial charge in [0.2, 0.25) is 5.91 Å². The summed E-state index contributed by atoms with van der Waals surface area (Å²) in [6.45, 7) is 2.19. The maximum atomic E-state index is 13.6. The molecule has 1 N–H and O–H groups in total. The number of hydrogen-bond acceptors (Lipinski definition) is 3. The van der Waals surface area contributed by atoms with Gasteiger partial charge in [0.25, 0.3) is 0 Å². The summed E-state index contributed by atoms with van der Waals surface area (Å²) < 4.78 is 15.5. The molecule has 0 saturated heterocycles. The van der Waals surface area contributed by atoms with Crippen LogP contribution in [0.15, 0.2) is 30.3 Å². The van der Waals surface area contributed by atoms with E-state index in [4.69, 9.17) is 0 Å². The Morgan fingerprint density at radius 2 is 2.04 bits per heavy atom. The van der Waals surface area contributed by atoms with Gasteiger partial charge < -0.3 is 15.1 Å². The SMILES string of the molecule is CN(C)C(=O)N1CCCn2nc(CNC(=O)Cc3ccccc3F)cc2C1. The first-order valence-electron chi connectivity index (χ1n) is 8.96. The molecule has 0 spiro atoms. The summed E-state index contributed by atoms with van der Waals surface area (Å²) in [5, 5.41) is 7.30. The third-order valence-corrected chi connectivity index (χ3v) is 4.49. The first kappa shape index (κ1) is 18.9. The summed E-state index contributed by atoms with van der Waals surface area (Å²) in [7, 11) is 3.47. The highest BCUT2D eigenvalue weighted by molar-refractivity contribution is 5.78. The van der Waals surface area contributed by atoms with Gasteiger partial charge in [-0.05, 0) is 24.1 Å². The van der Waals surface area contributed by atoms with Crippen molar-refractivity contribution in [1.29, 1.82) is 0 Å². The molecule has 2 heterocycles. The molecule has 0 bridgehead atoms. The Bertz CT molecular complexity index is 833. The number of nitrogens with zero attached hydrogens (tertiary/aromatic N) is 4. The second kappa shape index (κ2) is 8.20. The Hall–Kier alpha value is -2.90. The Kier molecular flexibility index (Phi) is 5.73. The smallest absolute Gasteiger partial charge is 0.319 e. The maximum absolute atomic E-state index is 13.6. The zero-order valence-electron chi connectivity index (χ0n) is 15.6. The first-order chi connectivity index (χ1) is 12.9. The number of urea groups is 1. The lowest BCUT2D eigenvalue weighted by atomic mass is 10.1. The highest BCUT2D eigenvalue weighted by Crippen LogP contribution is 2.15. The number of aromatic nitrogens is 2. The molecule has 7 nitrogen and oxygen atoms in total. The first-order valence-corrected chi connectivity index (χ1v) is 8.96.